The van der Waals surface area contributed by atoms with Gasteiger partial charge >= 0.3 is 0 Å². The van der Waals surface area contributed by atoms with E-state index in [1.165, 1.54) is 0 Å². The Labute approximate surface area is 134 Å². The molecule has 0 bridgehead atoms. The molecule has 2 aromatic rings. The van der Waals surface area contributed by atoms with E-state index in [-0.39, 0.29) is 18.4 Å². The Kier molecular flexibility index (Phi) is 4.28. The van der Waals surface area contributed by atoms with Crippen molar-refractivity contribution in [2.24, 2.45) is 10.9 Å². The highest BCUT2D eigenvalue weighted by Crippen LogP contribution is 2.30. The van der Waals surface area contributed by atoms with E-state index >= 15 is 0 Å². The number of methoxy groups -OCH3 is 1. The fraction of sp³-hybridized carbons (Fsp3) is 0.222. The van der Waals surface area contributed by atoms with Gasteiger partial charge in [-0.1, -0.05) is 41.6 Å². The minimum absolute atomic E-state index is 0.0822. The number of nitrogens with two attached hydrogens (primary N) is 1. The largest absolute Gasteiger partial charge is 0.497 e. The smallest absolute Gasteiger partial charge is 0.221 e. The van der Waals surface area contributed by atoms with Crippen molar-refractivity contribution in [2.45, 2.75) is 18.9 Å². The molecule has 0 spiro atoms. The molecule has 0 aliphatic carbocycles. The van der Waals surface area contributed by atoms with Gasteiger partial charge in [0.15, 0.2) is 6.10 Å². The van der Waals surface area contributed by atoms with E-state index in [0.717, 1.165) is 28.2 Å². The first-order valence-electron chi connectivity index (χ1n) is 7.40. The zero-order valence-electron chi connectivity index (χ0n) is 12.9. The van der Waals surface area contributed by atoms with Crippen molar-refractivity contribution in [1.82, 2.24) is 0 Å². The second-order valence-corrected chi connectivity index (χ2v) is 5.45. The number of oxime groups is 1. The van der Waals surface area contributed by atoms with Gasteiger partial charge in [-0.15, -0.1) is 0 Å². The van der Waals surface area contributed by atoms with Crippen LogP contribution >= 0.6 is 0 Å². The third-order valence-electron chi connectivity index (χ3n) is 3.82. The van der Waals surface area contributed by atoms with Gasteiger partial charge in [-0.05, 0) is 28.8 Å². The SMILES string of the molecule is COc1ccc(C2CC(c3ccc(CC(N)=O)cc3)=NO2)cc1. The Morgan fingerprint density at radius 1 is 1.22 bits per heavy atom. The molecule has 1 heterocycles. The summed E-state index contributed by atoms with van der Waals surface area (Å²) < 4.78 is 5.16. The molecule has 118 valence electrons. The summed E-state index contributed by atoms with van der Waals surface area (Å²) in [7, 11) is 1.64. The molecule has 2 N–H and O–H groups in total. The highest BCUT2D eigenvalue weighted by atomic mass is 16.6. The first-order valence-corrected chi connectivity index (χ1v) is 7.40. The quantitative estimate of drug-likeness (QED) is 0.922. The van der Waals surface area contributed by atoms with Crippen LogP contribution in [0.1, 0.15) is 29.2 Å². The van der Waals surface area contributed by atoms with E-state index < -0.39 is 0 Å². The maximum absolute atomic E-state index is 10.9. The lowest BCUT2D eigenvalue weighted by molar-refractivity contribution is -0.117. The van der Waals surface area contributed by atoms with Crippen LogP contribution < -0.4 is 10.5 Å². The molecule has 0 radical (unpaired) electrons. The Balaban J connectivity index is 1.67. The summed E-state index contributed by atoms with van der Waals surface area (Å²) in [5.41, 5.74) is 9.05. The first-order chi connectivity index (χ1) is 11.2. The molecular weight excluding hydrogens is 292 g/mol. The van der Waals surface area contributed by atoms with Crippen LogP contribution in [0.2, 0.25) is 0 Å². The van der Waals surface area contributed by atoms with Gasteiger partial charge in [0.1, 0.15) is 5.75 Å². The zero-order chi connectivity index (χ0) is 16.2. The van der Waals surface area contributed by atoms with Crippen molar-refractivity contribution in [3.8, 4) is 5.75 Å². The molecule has 1 unspecified atom stereocenters. The number of carbonyl (C=O) groups is 1. The van der Waals surface area contributed by atoms with Gasteiger partial charge in [0.2, 0.25) is 5.91 Å². The van der Waals surface area contributed by atoms with Crippen molar-refractivity contribution in [3.05, 3.63) is 65.2 Å². The summed E-state index contributed by atoms with van der Waals surface area (Å²) >= 11 is 0. The van der Waals surface area contributed by atoms with Crippen LogP contribution in [0.5, 0.6) is 5.75 Å². The number of nitrogens with zero attached hydrogens (tertiary/aromatic N) is 1. The Morgan fingerprint density at radius 3 is 2.52 bits per heavy atom. The second-order valence-electron chi connectivity index (χ2n) is 5.45. The molecule has 5 nitrogen and oxygen atoms in total. The van der Waals surface area contributed by atoms with E-state index in [1.807, 2.05) is 48.5 Å². The van der Waals surface area contributed by atoms with E-state index in [4.69, 9.17) is 15.3 Å². The fourth-order valence-electron chi connectivity index (χ4n) is 2.56. The predicted octanol–water partition coefficient (Wildman–Crippen LogP) is 2.59. The molecule has 0 fully saturated rings. The number of rotatable bonds is 5. The molecule has 1 atom stereocenters. The van der Waals surface area contributed by atoms with Crippen LogP contribution in [-0.4, -0.2) is 18.7 Å². The second kappa shape index (κ2) is 6.52. The van der Waals surface area contributed by atoms with Crippen molar-refractivity contribution < 1.29 is 14.4 Å². The number of amides is 1. The van der Waals surface area contributed by atoms with Gasteiger partial charge in [-0.3, -0.25) is 4.79 Å². The monoisotopic (exact) mass is 310 g/mol. The molecule has 1 aliphatic heterocycles. The van der Waals surface area contributed by atoms with E-state index in [0.29, 0.717) is 6.42 Å². The van der Waals surface area contributed by atoms with Crippen molar-refractivity contribution in [2.75, 3.05) is 7.11 Å². The number of ether oxygens (including phenoxy) is 1. The number of primary amides is 1. The lowest BCUT2D eigenvalue weighted by Gasteiger charge is -2.09. The minimum atomic E-state index is -0.334. The summed E-state index contributed by atoms with van der Waals surface area (Å²) in [6.45, 7) is 0. The lowest BCUT2D eigenvalue weighted by Crippen LogP contribution is -2.13. The summed E-state index contributed by atoms with van der Waals surface area (Å²) in [5, 5.41) is 4.19. The number of hydrogen-bond donors (Lipinski definition) is 1. The van der Waals surface area contributed by atoms with Gasteiger partial charge < -0.3 is 15.3 Å². The molecular formula is C18H18N2O3. The average Bonchev–Trinajstić information content (AvgIpc) is 3.05. The van der Waals surface area contributed by atoms with E-state index in [2.05, 4.69) is 5.16 Å². The molecule has 23 heavy (non-hydrogen) atoms. The normalized spacial score (nSPS) is 16.6. The lowest BCUT2D eigenvalue weighted by atomic mass is 9.99. The molecule has 1 aliphatic rings. The average molecular weight is 310 g/mol. The van der Waals surface area contributed by atoms with E-state index in [1.54, 1.807) is 7.11 Å². The standard InChI is InChI=1S/C18H18N2O3/c1-22-15-8-6-14(7-9-15)17-11-16(20-23-17)13-4-2-12(3-5-13)10-18(19)21/h2-9,17H,10-11H2,1H3,(H2,19,21). The van der Waals surface area contributed by atoms with Crippen LogP contribution in [-0.2, 0) is 16.1 Å². The third kappa shape index (κ3) is 3.51. The maximum Gasteiger partial charge on any atom is 0.221 e. The zero-order valence-corrected chi connectivity index (χ0v) is 12.9. The van der Waals surface area contributed by atoms with Gasteiger partial charge in [-0.2, -0.15) is 0 Å². The summed E-state index contributed by atoms with van der Waals surface area (Å²) in [6.07, 6.45) is 0.875. The first kappa shape index (κ1) is 15.1. The number of carbonyl (C=O) groups excluding carboxylic acids is 1. The predicted molar refractivity (Wildman–Crippen MR) is 87.3 cm³/mol. The van der Waals surface area contributed by atoms with Crippen LogP contribution in [0.25, 0.3) is 0 Å². The fourth-order valence-corrected chi connectivity index (χ4v) is 2.56. The van der Waals surface area contributed by atoms with E-state index in [9.17, 15) is 4.79 Å². The summed E-state index contributed by atoms with van der Waals surface area (Å²) in [5.74, 6) is 0.483. The highest BCUT2D eigenvalue weighted by Gasteiger charge is 2.23. The van der Waals surface area contributed by atoms with Gasteiger partial charge in [0.05, 0.1) is 19.2 Å². The number of benzene rings is 2. The molecule has 2 aromatic carbocycles. The van der Waals surface area contributed by atoms with Gasteiger partial charge in [0, 0.05) is 6.42 Å². The van der Waals surface area contributed by atoms with Gasteiger partial charge in [0.25, 0.3) is 0 Å². The molecule has 0 saturated carbocycles. The third-order valence-corrected chi connectivity index (χ3v) is 3.82. The Bertz CT molecular complexity index is 721. The minimum Gasteiger partial charge on any atom is -0.497 e. The van der Waals surface area contributed by atoms with Crippen molar-refractivity contribution in [3.63, 3.8) is 0 Å². The molecule has 0 aromatic heterocycles. The van der Waals surface area contributed by atoms with Crippen LogP contribution in [0, 0.1) is 0 Å². The van der Waals surface area contributed by atoms with Crippen molar-refractivity contribution in [1.29, 1.82) is 0 Å². The molecule has 1 amide bonds. The van der Waals surface area contributed by atoms with Crippen LogP contribution in [0.3, 0.4) is 0 Å². The molecule has 3 rings (SSSR count). The Hall–Kier alpha value is -2.82. The Morgan fingerprint density at radius 2 is 1.91 bits per heavy atom. The van der Waals surface area contributed by atoms with Gasteiger partial charge in [-0.25, -0.2) is 0 Å². The topological polar surface area (TPSA) is 73.9 Å². The summed E-state index contributed by atoms with van der Waals surface area (Å²) in [4.78, 5) is 16.5. The summed E-state index contributed by atoms with van der Waals surface area (Å²) in [6, 6.07) is 15.5. The maximum atomic E-state index is 10.9. The molecule has 5 heteroatoms. The van der Waals surface area contributed by atoms with Crippen molar-refractivity contribution >= 4 is 11.6 Å². The number of hydrogen-bond acceptors (Lipinski definition) is 4. The van der Waals surface area contributed by atoms with Crippen LogP contribution in [0.15, 0.2) is 53.7 Å². The van der Waals surface area contributed by atoms with Crippen LogP contribution in [0.4, 0.5) is 0 Å². The molecule has 0 saturated heterocycles. The highest BCUT2D eigenvalue weighted by molar-refractivity contribution is 6.01.